The van der Waals surface area contributed by atoms with Gasteiger partial charge in [0, 0.05) is 18.7 Å². The first-order valence-electron chi connectivity index (χ1n) is 10.8. The molecule has 3 aromatic rings. The van der Waals surface area contributed by atoms with Crippen LogP contribution in [0.3, 0.4) is 0 Å². The summed E-state index contributed by atoms with van der Waals surface area (Å²) in [5.74, 6) is 1.91. The van der Waals surface area contributed by atoms with Gasteiger partial charge in [-0.1, -0.05) is 37.5 Å². The molecule has 2 aromatic carbocycles. The summed E-state index contributed by atoms with van der Waals surface area (Å²) < 4.78 is 52.8. The van der Waals surface area contributed by atoms with Gasteiger partial charge in [0.25, 0.3) is 5.91 Å². The molecule has 9 nitrogen and oxygen atoms in total. The molecule has 0 atom stereocenters. The zero-order valence-electron chi connectivity index (χ0n) is 19.3. The van der Waals surface area contributed by atoms with Gasteiger partial charge in [0.2, 0.25) is 20.0 Å². The lowest BCUT2D eigenvalue weighted by Gasteiger charge is -2.20. The van der Waals surface area contributed by atoms with E-state index in [1.54, 1.807) is 17.6 Å². The lowest BCUT2D eigenvalue weighted by molar-refractivity contribution is 0.0997. The molecule has 1 amide bonds. The van der Waals surface area contributed by atoms with E-state index in [1.165, 1.54) is 40.7 Å². The van der Waals surface area contributed by atoms with Gasteiger partial charge in [-0.15, -0.1) is 6.42 Å². The molecule has 0 saturated heterocycles. The van der Waals surface area contributed by atoms with Gasteiger partial charge in [0.1, 0.15) is 0 Å². The molecule has 1 aromatic heterocycles. The lowest BCUT2D eigenvalue weighted by Crippen LogP contribution is -2.31. The minimum atomic E-state index is -3.90. The molecule has 186 valence electrons. The smallest absolute Gasteiger partial charge is 0.279 e. The van der Waals surface area contributed by atoms with Crippen LogP contribution in [0.15, 0.2) is 57.2 Å². The van der Waals surface area contributed by atoms with E-state index < -0.39 is 26.0 Å². The van der Waals surface area contributed by atoms with Gasteiger partial charge < -0.3 is 4.57 Å². The van der Waals surface area contributed by atoms with Crippen LogP contribution < -0.4 is 9.94 Å². The van der Waals surface area contributed by atoms with Crippen LogP contribution in [0.5, 0.6) is 0 Å². The molecular weight excluding hydrogens is 508 g/mol. The van der Waals surface area contributed by atoms with E-state index in [4.69, 9.17) is 11.6 Å². The fourth-order valence-electron chi connectivity index (χ4n) is 3.41. The maximum atomic E-state index is 12.9. The molecule has 0 radical (unpaired) electrons. The largest absolute Gasteiger partial charge is 0.305 e. The van der Waals surface area contributed by atoms with Gasteiger partial charge in [0.15, 0.2) is 4.80 Å². The van der Waals surface area contributed by atoms with Crippen LogP contribution in [0, 0.1) is 12.3 Å². The molecule has 0 aliphatic rings. The van der Waals surface area contributed by atoms with Crippen molar-refractivity contribution in [2.24, 2.45) is 10.1 Å². The van der Waals surface area contributed by atoms with Gasteiger partial charge in [-0.2, -0.15) is 9.30 Å². The van der Waals surface area contributed by atoms with E-state index in [2.05, 4.69) is 10.9 Å². The fourth-order valence-corrected chi connectivity index (χ4v) is 6.58. The number of unbranched alkanes of at least 4 members (excludes halogenated alkanes) is 1. The molecule has 0 bridgehead atoms. The summed E-state index contributed by atoms with van der Waals surface area (Å²) >= 11 is 1.10. The predicted octanol–water partition coefficient (Wildman–Crippen LogP) is 2.54. The van der Waals surface area contributed by atoms with Crippen molar-refractivity contribution in [2.45, 2.75) is 43.0 Å². The maximum absolute atomic E-state index is 12.9. The Kier molecular flexibility index (Phi) is 8.30. The highest BCUT2D eigenvalue weighted by Gasteiger charge is 2.23. The minimum absolute atomic E-state index is 0.0613. The maximum Gasteiger partial charge on any atom is 0.279 e. The number of fused-ring (bicyclic) bond motifs is 1. The Balaban J connectivity index is 1.98. The molecule has 0 saturated carbocycles. The van der Waals surface area contributed by atoms with Crippen molar-refractivity contribution in [3.05, 3.63) is 52.8 Å². The highest BCUT2D eigenvalue weighted by molar-refractivity contribution is 7.89. The van der Waals surface area contributed by atoms with Crippen LogP contribution in [-0.4, -0.2) is 44.7 Å². The van der Waals surface area contributed by atoms with Gasteiger partial charge in [-0.05, 0) is 48.9 Å². The number of amides is 1. The summed E-state index contributed by atoms with van der Waals surface area (Å²) in [6.07, 6.45) is 7.11. The second-order valence-electron chi connectivity index (χ2n) is 7.64. The highest BCUT2D eigenvalue weighted by Crippen LogP contribution is 2.22. The van der Waals surface area contributed by atoms with Crippen LogP contribution in [0.4, 0.5) is 0 Å². The quantitative estimate of drug-likeness (QED) is 0.422. The normalized spacial score (nSPS) is 12.8. The lowest BCUT2D eigenvalue weighted by atomic mass is 10.2. The molecule has 35 heavy (non-hydrogen) atoms. The first-order chi connectivity index (χ1) is 16.5. The van der Waals surface area contributed by atoms with Gasteiger partial charge in [-0.25, -0.2) is 22.0 Å². The third kappa shape index (κ3) is 5.88. The number of nitrogens with two attached hydrogens (primary N) is 1. The number of benzene rings is 2. The molecule has 1 heterocycles. The van der Waals surface area contributed by atoms with Crippen molar-refractivity contribution in [2.75, 3.05) is 13.1 Å². The standard InChI is InChI=1S/C23H26N4O5S3/c1-4-7-15-26(6-3)35(31,32)18-10-8-17(9-11-18)22(28)25-23-27(14-5-2)20-13-12-19(34(24,29)30)16-21(20)33-23/h2,8-13,16H,4,6-7,14-15H2,1,3H3,(H2,24,29,30). The summed E-state index contributed by atoms with van der Waals surface area (Å²) in [5.41, 5.74) is 0.815. The monoisotopic (exact) mass is 534 g/mol. The first-order valence-corrected chi connectivity index (χ1v) is 14.6. The zero-order valence-corrected chi connectivity index (χ0v) is 21.8. The third-order valence-electron chi connectivity index (χ3n) is 5.28. The Morgan fingerprint density at radius 2 is 1.77 bits per heavy atom. The Morgan fingerprint density at radius 1 is 1.11 bits per heavy atom. The van der Waals surface area contributed by atoms with E-state index >= 15 is 0 Å². The number of aromatic nitrogens is 1. The number of sulfonamides is 2. The second kappa shape index (κ2) is 10.8. The summed E-state index contributed by atoms with van der Waals surface area (Å²) in [6.45, 7) is 4.68. The number of hydrogen-bond donors (Lipinski definition) is 1. The Labute approximate surface area is 209 Å². The van der Waals surface area contributed by atoms with Crippen molar-refractivity contribution in [3.63, 3.8) is 0 Å². The molecule has 0 fully saturated rings. The molecule has 0 aliphatic heterocycles. The van der Waals surface area contributed by atoms with Gasteiger partial charge >= 0.3 is 0 Å². The van der Waals surface area contributed by atoms with Crippen molar-refractivity contribution in [3.8, 4) is 12.3 Å². The molecule has 0 spiro atoms. The SMILES string of the molecule is C#CCn1c(=NC(=O)c2ccc(S(=O)(=O)N(CC)CCCC)cc2)sc2cc(S(N)(=O)=O)ccc21. The van der Waals surface area contributed by atoms with Crippen LogP contribution in [0.2, 0.25) is 0 Å². The fraction of sp³-hybridized carbons (Fsp3) is 0.304. The predicted molar refractivity (Wildman–Crippen MR) is 136 cm³/mol. The third-order valence-corrected chi connectivity index (χ3v) is 9.22. The van der Waals surface area contributed by atoms with Gasteiger partial charge in [-0.3, -0.25) is 4.79 Å². The Bertz CT molecular complexity index is 1560. The highest BCUT2D eigenvalue weighted by atomic mass is 32.2. The minimum Gasteiger partial charge on any atom is -0.305 e. The number of carbonyl (C=O) groups is 1. The van der Waals surface area contributed by atoms with Crippen molar-refractivity contribution in [1.29, 1.82) is 0 Å². The Morgan fingerprint density at radius 3 is 2.34 bits per heavy atom. The van der Waals surface area contributed by atoms with E-state index in [1.807, 2.05) is 6.92 Å². The van der Waals surface area contributed by atoms with Crippen molar-refractivity contribution < 1.29 is 21.6 Å². The number of carbonyl (C=O) groups excluding carboxylic acids is 1. The molecule has 12 heteroatoms. The Hall–Kier alpha value is -2.82. The number of primary sulfonamides is 1. The van der Waals surface area contributed by atoms with Crippen LogP contribution in [-0.2, 0) is 26.6 Å². The van der Waals surface area contributed by atoms with E-state index in [0.29, 0.717) is 23.3 Å². The van der Waals surface area contributed by atoms with Crippen molar-refractivity contribution >= 4 is 47.5 Å². The number of thiazole rings is 1. The second-order valence-corrected chi connectivity index (χ2v) is 12.1. The van der Waals surface area contributed by atoms with Crippen LogP contribution in [0.25, 0.3) is 10.2 Å². The topological polar surface area (TPSA) is 132 Å². The van der Waals surface area contributed by atoms with E-state index in [9.17, 15) is 21.6 Å². The summed E-state index contributed by atoms with van der Waals surface area (Å²) in [4.78, 5) is 17.4. The molecule has 2 N–H and O–H groups in total. The van der Waals surface area contributed by atoms with E-state index in [-0.39, 0.29) is 26.7 Å². The van der Waals surface area contributed by atoms with E-state index in [0.717, 1.165) is 24.2 Å². The van der Waals surface area contributed by atoms with Crippen molar-refractivity contribution in [1.82, 2.24) is 8.87 Å². The van der Waals surface area contributed by atoms with Crippen LogP contribution >= 0.6 is 11.3 Å². The summed E-state index contributed by atoms with van der Waals surface area (Å²) in [6, 6.07) is 9.96. The molecular formula is C23H26N4O5S3. The summed E-state index contributed by atoms with van der Waals surface area (Å²) in [5, 5.41) is 5.22. The average Bonchev–Trinajstić information content (AvgIpc) is 3.15. The number of terminal acetylenes is 1. The number of nitrogens with zero attached hydrogens (tertiary/aromatic N) is 3. The number of hydrogen-bond acceptors (Lipinski definition) is 6. The number of rotatable bonds is 9. The average molecular weight is 535 g/mol. The zero-order chi connectivity index (χ0) is 25.8. The molecule has 3 rings (SSSR count). The summed E-state index contributed by atoms with van der Waals surface area (Å²) in [7, 11) is -7.56. The van der Waals surface area contributed by atoms with Gasteiger partial charge in [0.05, 0.1) is 26.6 Å². The molecule has 0 aliphatic carbocycles. The first kappa shape index (κ1) is 26.8. The van der Waals surface area contributed by atoms with Crippen LogP contribution in [0.1, 0.15) is 37.0 Å². The molecule has 0 unspecified atom stereocenters.